The van der Waals surface area contributed by atoms with Gasteiger partial charge >= 0.3 is 6.09 Å². The van der Waals surface area contributed by atoms with Gasteiger partial charge in [0.1, 0.15) is 5.60 Å². The maximum atomic E-state index is 12.2. The summed E-state index contributed by atoms with van der Waals surface area (Å²) in [5.74, 6) is 0. The highest BCUT2D eigenvalue weighted by molar-refractivity contribution is 5.68. The monoisotopic (exact) mass is 330 g/mol. The molecule has 24 heavy (non-hydrogen) atoms. The average Bonchev–Trinajstić information content (AvgIpc) is 2.52. The van der Waals surface area contributed by atoms with Gasteiger partial charge in [-0.3, -0.25) is 4.90 Å². The smallest absolute Gasteiger partial charge is 0.410 e. The Morgan fingerprint density at radius 1 is 1.25 bits per heavy atom. The number of ether oxygens (including phenoxy) is 1. The van der Waals surface area contributed by atoms with Crippen LogP contribution in [0.3, 0.4) is 0 Å². The van der Waals surface area contributed by atoms with Gasteiger partial charge in [0.05, 0.1) is 0 Å². The van der Waals surface area contributed by atoms with Crippen LogP contribution in [0.5, 0.6) is 0 Å². The molecular formula is C20H30N2O2. The van der Waals surface area contributed by atoms with Gasteiger partial charge in [0.25, 0.3) is 0 Å². The molecule has 0 aliphatic carbocycles. The largest absolute Gasteiger partial charge is 0.444 e. The Morgan fingerprint density at radius 2 is 1.96 bits per heavy atom. The van der Waals surface area contributed by atoms with Crippen molar-refractivity contribution in [2.24, 2.45) is 0 Å². The normalized spacial score (nSPS) is 19.7. The molecule has 1 heterocycles. The number of hydrogen-bond acceptors (Lipinski definition) is 3. The van der Waals surface area contributed by atoms with Crippen LogP contribution in [0.15, 0.2) is 36.4 Å². The zero-order valence-electron chi connectivity index (χ0n) is 15.4. The first-order valence-corrected chi connectivity index (χ1v) is 8.79. The highest BCUT2D eigenvalue weighted by Crippen LogP contribution is 2.15. The van der Waals surface area contributed by atoms with E-state index >= 15 is 0 Å². The van der Waals surface area contributed by atoms with Crippen LogP contribution in [-0.4, -0.2) is 53.7 Å². The fraction of sp³-hybridized carbons (Fsp3) is 0.550. The second-order valence-electron chi connectivity index (χ2n) is 7.41. The van der Waals surface area contributed by atoms with Gasteiger partial charge in [-0.1, -0.05) is 42.5 Å². The fourth-order valence-corrected chi connectivity index (χ4v) is 2.84. The molecule has 4 heteroatoms. The van der Waals surface area contributed by atoms with Gasteiger partial charge in [0.2, 0.25) is 0 Å². The van der Waals surface area contributed by atoms with Gasteiger partial charge in [0, 0.05) is 32.2 Å². The average molecular weight is 330 g/mol. The second kappa shape index (κ2) is 8.34. The zero-order chi connectivity index (χ0) is 17.6. The molecule has 132 valence electrons. The minimum atomic E-state index is -0.431. The van der Waals surface area contributed by atoms with Gasteiger partial charge in [-0.05, 0) is 39.7 Å². The summed E-state index contributed by atoms with van der Waals surface area (Å²) < 4.78 is 5.47. The Balaban J connectivity index is 1.75. The molecule has 1 atom stereocenters. The SMILES string of the molecule is C[C@H]1CN(C(=O)OC(C)(C)C)CCN1CC/C=C/c1ccccc1. The van der Waals surface area contributed by atoms with Crippen molar-refractivity contribution < 1.29 is 9.53 Å². The van der Waals surface area contributed by atoms with E-state index in [9.17, 15) is 4.79 Å². The summed E-state index contributed by atoms with van der Waals surface area (Å²) in [7, 11) is 0. The van der Waals surface area contributed by atoms with E-state index in [-0.39, 0.29) is 6.09 Å². The van der Waals surface area contributed by atoms with Gasteiger partial charge in [0.15, 0.2) is 0 Å². The maximum Gasteiger partial charge on any atom is 0.410 e. The molecule has 0 spiro atoms. The number of amides is 1. The molecule has 4 nitrogen and oxygen atoms in total. The van der Waals surface area contributed by atoms with E-state index in [0.717, 1.165) is 32.6 Å². The predicted molar refractivity (Wildman–Crippen MR) is 98.9 cm³/mol. The first-order valence-electron chi connectivity index (χ1n) is 8.79. The van der Waals surface area contributed by atoms with Crippen LogP contribution in [0.1, 0.15) is 39.7 Å². The van der Waals surface area contributed by atoms with Crippen LogP contribution >= 0.6 is 0 Å². The number of carbonyl (C=O) groups is 1. The van der Waals surface area contributed by atoms with Crippen molar-refractivity contribution in [1.82, 2.24) is 9.80 Å². The molecule has 1 fully saturated rings. The molecule has 1 aliphatic heterocycles. The molecule has 1 aliphatic rings. The summed E-state index contributed by atoms with van der Waals surface area (Å²) >= 11 is 0. The van der Waals surface area contributed by atoms with Crippen LogP contribution in [-0.2, 0) is 4.74 Å². The standard InChI is InChI=1S/C20H30N2O2/c1-17-16-22(19(23)24-20(2,3)4)15-14-21(17)13-9-8-12-18-10-6-5-7-11-18/h5-8,10-12,17H,9,13-16H2,1-4H3/b12-8+/t17-/m0/s1. The van der Waals surface area contributed by atoms with E-state index < -0.39 is 5.60 Å². The van der Waals surface area contributed by atoms with Crippen molar-refractivity contribution in [2.45, 2.75) is 45.8 Å². The van der Waals surface area contributed by atoms with Crippen LogP contribution < -0.4 is 0 Å². The number of piperazine rings is 1. The molecule has 2 rings (SSSR count). The van der Waals surface area contributed by atoms with Gasteiger partial charge < -0.3 is 9.64 Å². The van der Waals surface area contributed by atoms with Crippen LogP contribution in [0.25, 0.3) is 6.08 Å². The summed E-state index contributed by atoms with van der Waals surface area (Å²) in [6.07, 6.45) is 5.22. The van der Waals surface area contributed by atoms with Gasteiger partial charge in [-0.25, -0.2) is 4.79 Å². The zero-order valence-corrected chi connectivity index (χ0v) is 15.4. The highest BCUT2D eigenvalue weighted by atomic mass is 16.6. The Morgan fingerprint density at radius 3 is 2.58 bits per heavy atom. The predicted octanol–water partition coefficient (Wildman–Crippen LogP) is 4.03. The molecule has 0 N–H and O–H groups in total. The summed E-state index contributed by atoms with van der Waals surface area (Å²) in [5.41, 5.74) is 0.806. The lowest BCUT2D eigenvalue weighted by Crippen LogP contribution is -2.54. The third-order valence-electron chi connectivity index (χ3n) is 4.11. The molecule has 1 saturated heterocycles. The molecule has 0 saturated carbocycles. The molecule has 1 amide bonds. The van der Waals surface area contributed by atoms with Crippen molar-refractivity contribution in [1.29, 1.82) is 0 Å². The topological polar surface area (TPSA) is 32.8 Å². The Hall–Kier alpha value is -1.81. The van der Waals surface area contributed by atoms with Crippen molar-refractivity contribution in [3.8, 4) is 0 Å². The molecular weight excluding hydrogens is 300 g/mol. The van der Waals surface area contributed by atoms with Crippen molar-refractivity contribution in [3.05, 3.63) is 42.0 Å². The summed E-state index contributed by atoms with van der Waals surface area (Å²) in [4.78, 5) is 16.4. The molecule has 1 aromatic carbocycles. The Labute approximate surface area is 146 Å². The number of hydrogen-bond donors (Lipinski definition) is 0. The minimum absolute atomic E-state index is 0.196. The van der Waals surface area contributed by atoms with Crippen LogP contribution in [0.2, 0.25) is 0 Å². The van der Waals surface area contributed by atoms with Crippen molar-refractivity contribution in [2.75, 3.05) is 26.2 Å². The fourth-order valence-electron chi connectivity index (χ4n) is 2.84. The Bertz CT molecular complexity index is 549. The first kappa shape index (κ1) is 18.5. The van der Waals surface area contributed by atoms with E-state index in [4.69, 9.17) is 4.74 Å². The first-order chi connectivity index (χ1) is 11.3. The van der Waals surface area contributed by atoms with E-state index in [1.807, 2.05) is 31.7 Å². The van der Waals surface area contributed by atoms with Crippen LogP contribution in [0, 0.1) is 0 Å². The third-order valence-corrected chi connectivity index (χ3v) is 4.11. The third kappa shape index (κ3) is 6.00. The number of benzene rings is 1. The van der Waals surface area contributed by atoms with E-state index in [0.29, 0.717) is 6.04 Å². The van der Waals surface area contributed by atoms with Crippen molar-refractivity contribution in [3.63, 3.8) is 0 Å². The minimum Gasteiger partial charge on any atom is -0.444 e. The Kier molecular flexibility index (Phi) is 6.44. The van der Waals surface area contributed by atoms with E-state index in [2.05, 4.69) is 48.2 Å². The van der Waals surface area contributed by atoms with Crippen LogP contribution in [0.4, 0.5) is 4.79 Å². The lowest BCUT2D eigenvalue weighted by molar-refractivity contribution is 0.00608. The van der Waals surface area contributed by atoms with E-state index in [1.54, 1.807) is 0 Å². The second-order valence-corrected chi connectivity index (χ2v) is 7.41. The lowest BCUT2D eigenvalue weighted by Gasteiger charge is -2.40. The van der Waals surface area contributed by atoms with Gasteiger partial charge in [-0.15, -0.1) is 0 Å². The number of carbonyl (C=O) groups excluding carboxylic acids is 1. The molecule has 0 aromatic heterocycles. The number of nitrogens with zero attached hydrogens (tertiary/aromatic N) is 2. The highest BCUT2D eigenvalue weighted by Gasteiger charge is 2.29. The molecule has 0 bridgehead atoms. The molecule has 0 radical (unpaired) electrons. The lowest BCUT2D eigenvalue weighted by atomic mass is 10.1. The summed E-state index contributed by atoms with van der Waals surface area (Å²) in [6, 6.07) is 10.7. The maximum absolute atomic E-state index is 12.2. The summed E-state index contributed by atoms with van der Waals surface area (Å²) in [6.45, 7) is 11.3. The van der Waals surface area contributed by atoms with Gasteiger partial charge in [-0.2, -0.15) is 0 Å². The number of rotatable bonds is 4. The summed E-state index contributed by atoms with van der Waals surface area (Å²) in [5, 5.41) is 0. The quantitative estimate of drug-likeness (QED) is 0.835. The molecule has 1 aromatic rings. The van der Waals surface area contributed by atoms with Crippen molar-refractivity contribution >= 4 is 12.2 Å². The molecule has 0 unspecified atom stereocenters. The van der Waals surface area contributed by atoms with E-state index in [1.165, 1.54) is 5.56 Å².